The Bertz CT molecular complexity index is 409. The van der Waals surface area contributed by atoms with Crippen LogP contribution < -0.4 is 10.6 Å². The Kier molecular flexibility index (Phi) is 5.09. The summed E-state index contributed by atoms with van der Waals surface area (Å²) < 4.78 is 0. The maximum Gasteiger partial charge on any atom is 0.226 e. The van der Waals surface area contributed by atoms with Gasteiger partial charge in [0.2, 0.25) is 5.91 Å². The smallest absolute Gasteiger partial charge is 0.226 e. The molecule has 1 aromatic carbocycles. The monoisotopic (exact) mass is 274 g/mol. The van der Waals surface area contributed by atoms with Crippen molar-refractivity contribution in [2.24, 2.45) is 0 Å². The van der Waals surface area contributed by atoms with Crippen LogP contribution >= 0.6 is 24.0 Å². The number of nitrogen functional groups attached to an aromatic ring is 1. The molecular formula is C12H16Cl2N2O. The van der Waals surface area contributed by atoms with Gasteiger partial charge in [0.1, 0.15) is 0 Å². The van der Waals surface area contributed by atoms with Crippen molar-refractivity contribution in [3.63, 3.8) is 0 Å². The average Bonchev–Trinajstić information content (AvgIpc) is 2.47. The summed E-state index contributed by atoms with van der Waals surface area (Å²) in [4.78, 5) is 13.7. The Balaban J connectivity index is 0.00000144. The predicted octanol–water partition coefficient (Wildman–Crippen LogP) is 3.25. The van der Waals surface area contributed by atoms with Crippen LogP contribution in [0.4, 0.5) is 11.4 Å². The number of rotatable bonds is 1. The molecule has 1 aliphatic rings. The summed E-state index contributed by atoms with van der Waals surface area (Å²) in [5.41, 5.74) is 7.12. The molecule has 94 valence electrons. The van der Waals surface area contributed by atoms with Crippen LogP contribution in [0.3, 0.4) is 0 Å². The van der Waals surface area contributed by atoms with Crippen LogP contribution in [0, 0.1) is 0 Å². The van der Waals surface area contributed by atoms with Crippen LogP contribution in [0.5, 0.6) is 0 Å². The van der Waals surface area contributed by atoms with E-state index in [-0.39, 0.29) is 18.3 Å². The van der Waals surface area contributed by atoms with Gasteiger partial charge in [-0.1, -0.05) is 18.0 Å². The van der Waals surface area contributed by atoms with Gasteiger partial charge in [-0.05, 0) is 31.0 Å². The van der Waals surface area contributed by atoms with E-state index in [4.69, 9.17) is 17.3 Å². The van der Waals surface area contributed by atoms with Gasteiger partial charge in [0.05, 0.1) is 10.7 Å². The lowest BCUT2D eigenvalue weighted by atomic mass is 10.2. The second-order valence-electron chi connectivity index (χ2n) is 4.06. The molecule has 0 bridgehead atoms. The first-order valence-electron chi connectivity index (χ1n) is 5.54. The zero-order chi connectivity index (χ0) is 11.5. The van der Waals surface area contributed by atoms with Crippen LogP contribution in [0.15, 0.2) is 18.2 Å². The van der Waals surface area contributed by atoms with Crippen LogP contribution in [0.25, 0.3) is 0 Å². The molecule has 0 radical (unpaired) electrons. The lowest BCUT2D eigenvalue weighted by molar-refractivity contribution is -0.118. The normalized spacial score (nSPS) is 16.3. The highest BCUT2D eigenvalue weighted by molar-refractivity contribution is 6.33. The summed E-state index contributed by atoms with van der Waals surface area (Å²) in [6.07, 6.45) is 3.78. The van der Waals surface area contributed by atoms with E-state index < -0.39 is 0 Å². The number of nitrogens with two attached hydrogens (primary N) is 1. The van der Waals surface area contributed by atoms with E-state index in [9.17, 15) is 4.79 Å². The van der Waals surface area contributed by atoms with E-state index in [1.165, 1.54) is 0 Å². The first-order valence-corrected chi connectivity index (χ1v) is 5.91. The van der Waals surface area contributed by atoms with Gasteiger partial charge in [-0.25, -0.2) is 0 Å². The van der Waals surface area contributed by atoms with Gasteiger partial charge in [-0.3, -0.25) is 4.79 Å². The van der Waals surface area contributed by atoms with E-state index in [0.29, 0.717) is 17.1 Å². The minimum Gasteiger partial charge on any atom is -0.397 e. The lowest BCUT2D eigenvalue weighted by Gasteiger charge is -2.21. The number of hydrogen-bond donors (Lipinski definition) is 1. The first-order chi connectivity index (χ1) is 7.68. The number of halogens is 2. The first kappa shape index (κ1) is 14.1. The molecule has 0 unspecified atom stereocenters. The Morgan fingerprint density at radius 1 is 1.24 bits per heavy atom. The van der Waals surface area contributed by atoms with Crippen molar-refractivity contribution in [3.05, 3.63) is 23.2 Å². The highest BCUT2D eigenvalue weighted by Crippen LogP contribution is 2.27. The fourth-order valence-corrected chi connectivity index (χ4v) is 2.07. The van der Waals surface area contributed by atoms with Crippen LogP contribution in [0.2, 0.25) is 5.02 Å². The molecule has 1 aliphatic heterocycles. The molecule has 3 nitrogen and oxygen atoms in total. The van der Waals surface area contributed by atoms with Crippen molar-refractivity contribution in [1.82, 2.24) is 0 Å². The maximum absolute atomic E-state index is 11.9. The Hall–Kier alpha value is -0.930. The standard InChI is InChI=1S/C12H15ClN2O.ClH/c13-10-6-5-9(8-11(10)14)15-7-3-1-2-4-12(15)16;/h5-6,8H,1-4,7,14H2;1H. The number of nitrogens with zero attached hydrogens (tertiary/aromatic N) is 1. The van der Waals surface area contributed by atoms with E-state index in [0.717, 1.165) is 31.5 Å². The van der Waals surface area contributed by atoms with Gasteiger partial charge in [-0.15, -0.1) is 12.4 Å². The Morgan fingerprint density at radius 3 is 2.71 bits per heavy atom. The van der Waals surface area contributed by atoms with Gasteiger partial charge in [-0.2, -0.15) is 0 Å². The lowest BCUT2D eigenvalue weighted by Crippen LogP contribution is -2.29. The van der Waals surface area contributed by atoms with Gasteiger partial charge in [0.25, 0.3) is 0 Å². The SMILES string of the molecule is Cl.Nc1cc(N2CCCCCC2=O)ccc1Cl. The van der Waals surface area contributed by atoms with Crippen molar-refractivity contribution in [2.75, 3.05) is 17.2 Å². The van der Waals surface area contributed by atoms with Crippen molar-refractivity contribution in [3.8, 4) is 0 Å². The summed E-state index contributed by atoms with van der Waals surface area (Å²) in [5, 5.41) is 0.533. The highest BCUT2D eigenvalue weighted by Gasteiger charge is 2.18. The van der Waals surface area contributed by atoms with E-state index in [1.807, 2.05) is 6.07 Å². The number of hydrogen-bond acceptors (Lipinski definition) is 2. The molecule has 2 N–H and O–H groups in total. The minimum atomic E-state index is 0. The van der Waals surface area contributed by atoms with Crippen LogP contribution in [0.1, 0.15) is 25.7 Å². The van der Waals surface area contributed by atoms with Crippen molar-refractivity contribution >= 4 is 41.3 Å². The summed E-state index contributed by atoms with van der Waals surface area (Å²) in [6.45, 7) is 0.778. The van der Waals surface area contributed by atoms with Crippen LogP contribution in [-0.4, -0.2) is 12.5 Å². The van der Waals surface area contributed by atoms with Gasteiger partial charge in [0, 0.05) is 18.7 Å². The molecule has 17 heavy (non-hydrogen) atoms. The number of benzene rings is 1. The van der Waals surface area contributed by atoms with Crippen molar-refractivity contribution in [2.45, 2.75) is 25.7 Å². The molecule has 0 spiro atoms. The fourth-order valence-electron chi connectivity index (χ4n) is 1.95. The second kappa shape index (κ2) is 6.12. The topological polar surface area (TPSA) is 46.3 Å². The minimum absolute atomic E-state index is 0. The molecule has 1 amide bonds. The Morgan fingerprint density at radius 2 is 2.00 bits per heavy atom. The predicted molar refractivity (Wildman–Crippen MR) is 73.9 cm³/mol. The van der Waals surface area contributed by atoms with Crippen molar-refractivity contribution < 1.29 is 4.79 Å². The highest BCUT2D eigenvalue weighted by atomic mass is 35.5. The molecule has 1 saturated heterocycles. The molecule has 0 aliphatic carbocycles. The summed E-state index contributed by atoms with van der Waals surface area (Å²) in [6, 6.07) is 5.36. The average molecular weight is 275 g/mol. The number of carbonyl (C=O) groups is 1. The largest absolute Gasteiger partial charge is 0.397 e. The van der Waals surface area contributed by atoms with Crippen LogP contribution in [-0.2, 0) is 4.79 Å². The third-order valence-electron chi connectivity index (χ3n) is 2.86. The summed E-state index contributed by atoms with van der Waals surface area (Å²) in [7, 11) is 0. The third kappa shape index (κ3) is 3.27. The van der Waals surface area contributed by atoms with E-state index in [2.05, 4.69) is 0 Å². The molecule has 0 atom stereocenters. The molecule has 0 aromatic heterocycles. The number of carbonyl (C=O) groups excluding carboxylic acids is 1. The molecule has 0 saturated carbocycles. The molecular weight excluding hydrogens is 259 g/mol. The van der Waals surface area contributed by atoms with Gasteiger partial charge >= 0.3 is 0 Å². The molecule has 1 aromatic rings. The molecule has 1 heterocycles. The summed E-state index contributed by atoms with van der Waals surface area (Å²) >= 11 is 5.86. The number of anilines is 2. The third-order valence-corrected chi connectivity index (χ3v) is 3.21. The van der Waals surface area contributed by atoms with Gasteiger partial charge < -0.3 is 10.6 Å². The maximum atomic E-state index is 11.9. The van der Waals surface area contributed by atoms with E-state index in [1.54, 1.807) is 17.0 Å². The fraction of sp³-hybridized carbons (Fsp3) is 0.417. The van der Waals surface area contributed by atoms with Crippen molar-refractivity contribution in [1.29, 1.82) is 0 Å². The zero-order valence-corrected chi connectivity index (χ0v) is 11.1. The molecule has 5 heteroatoms. The quantitative estimate of drug-likeness (QED) is 0.800. The Labute approximate surface area is 112 Å². The number of amides is 1. The molecule has 2 rings (SSSR count). The zero-order valence-electron chi connectivity index (χ0n) is 9.49. The molecule has 1 fully saturated rings. The summed E-state index contributed by atoms with van der Waals surface area (Å²) in [5.74, 6) is 0.180. The second-order valence-corrected chi connectivity index (χ2v) is 4.47. The van der Waals surface area contributed by atoms with E-state index >= 15 is 0 Å². The van der Waals surface area contributed by atoms with Gasteiger partial charge in [0.15, 0.2) is 0 Å².